The minimum atomic E-state index is -1.24. The van der Waals surface area contributed by atoms with Crippen molar-refractivity contribution in [2.75, 3.05) is 68.0 Å². The van der Waals surface area contributed by atoms with E-state index in [4.69, 9.17) is 41.4 Å². The zero-order valence-corrected chi connectivity index (χ0v) is 82.8. The lowest BCUT2D eigenvalue weighted by Crippen LogP contribution is -2.28. The summed E-state index contributed by atoms with van der Waals surface area (Å²) in [7, 11) is 9.89. The van der Waals surface area contributed by atoms with Crippen LogP contribution in [0.2, 0.25) is 0 Å². The second-order valence-electron chi connectivity index (χ2n) is 30.2. The van der Waals surface area contributed by atoms with Crippen molar-refractivity contribution in [2.45, 2.75) is 168 Å². The molecule has 0 radical (unpaired) electrons. The van der Waals surface area contributed by atoms with Gasteiger partial charge in [-0.2, -0.15) is 48.8 Å². The van der Waals surface area contributed by atoms with E-state index in [0.29, 0.717) is 72.7 Å². The number of aliphatic hydroxyl groups is 4. The average molecular weight is 1920 g/mol. The van der Waals surface area contributed by atoms with Crippen LogP contribution in [0.25, 0.3) is 0 Å². The Morgan fingerprint density at radius 2 is 0.701 bits per heavy atom. The van der Waals surface area contributed by atoms with Gasteiger partial charge in [-0.05, 0) is 202 Å². The van der Waals surface area contributed by atoms with Crippen LogP contribution in [0, 0.1) is 0 Å². The summed E-state index contributed by atoms with van der Waals surface area (Å²) in [6, 6.07) is 52.7. The lowest BCUT2D eigenvalue weighted by atomic mass is 10.0. The number of nitrogens with zero attached hydrogens (tertiary/aromatic N) is 14. The average Bonchev–Trinajstić information content (AvgIpc) is 0.808. The van der Waals surface area contributed by atoms with E-state index in [1.165, 1.54) is 57.6 Å². The smallest absolute Gasteiger partial charge is 0.354 e. The number of nitrogens with two attached hydrogens (primary N) is 2. The molecule has 10 aromatic heterocycles. The minimum Gasteiger partial charge on any atom is -0.477 e. The number of aliphatic imine (C=N–C) groups is 2. The molecule has 0 atom stereocenters. The number of hydrogen-bond donors (Lipinski definition) is 12. The summed E-state index contributed by atoms with van der Waals surface area (Å²) >= 11 is 11.8. The number of carbonyl (C=O) groups excluding carboxylic acids is 6. The normalized spacial score (nSPS) is 10.5. The van der Waals surface area contributed by atoms with Crippen LogP contribution in [0.15, 0.2) is 192 Å². The number of ether oxygens (including phenoxy) is 2. The first-order valence-corrected chi connectivity index (χ1v) is 46.2. The highest BCUT2D eigenvalue weighted by Crippen LogP contribution is 2.23. The molecule has 6 amide bonds. The van der Waals surface area contributed by atoms with Gasteiger partial charge in [-0.1, -0.05) is 87.4 Å². The minimum absolute atomic E-state index is 0.0336. The van der Waals surface area contributed by atoms with Gasteiger partial charge in [0.2, 0.25) is 0 Å². The number of thiol groups is 2. The fourth-order valence-corrected chi connectivity index (χ4v) is 11.0. The molecule has 0 aromatic carbocycles. The van der Waals surface area contributed by atoms with Gasteiger partial charge in [-0.15, -0.1) is 0 Å². The third kappa shape index (κ3) is 52.3. The highest BCUT2D eigenvalue weighted by Gasteiger charge is 2.23. The second kappa shape index (κ2) is 67.9. The molecule has 34 nitrogen and oxygen atoms in total. The highest BCUT2D eigenvalue weighted by atomic mass is 32.2. The number of rotatable bonds is 32. The Balaban J connectivity index is 0.000000749. The van der Waals surface area contributed by atoms with Gasteiger partial charge in [-0.25, -0.2) is 34.5 Å². The number of carboxylic acids is 2. The number of primary amides is 2. The van der Waals surface area contributed by atoms with Crippen molar-refractivity contribution >= 4 is 109 Å². The summed E-state index contributed by atoms with van der Waals surface area (Å²) in [6.45, 7) is 21.2. The van der Waals surface area contributed by atoms with Crippen molar-refractivity contribution in [2.24, 2.45) is 21.5 Å². The Morgan fingerprint density at radius 1 is 0.418 bits per heavy atom. The Hall–Kier alpha value is -12.2. The molecule has 0 saturated carbocycles. The first-order chi connectivity index (χ1) is 63.6. The van der Waals surface area contributed by atoms with E-state index < -0.39 is 35.0 Å². The van der Waals surface area contributed by atoms with E-state index in [9.17, 15) is 48.6 Å². The van der Waals surface area contributed by atoms with Crippen LogP contribution in [0.3, 0.4) is 0 Å². The Bertz CT molecular complexity index is 4810. The van der Waals surface area contributed by atoms with Crippen LogP contribution in [0.4, 0.5) is 0 Å². The van der Waals surface area contributed by atoms with Crippen molar-refractivity contribution in [3.05, 3.63) is 296 Å². The first-order valence-electron chi connectivity index (χ1n) is 42.2. The molecule has 38 heteroatoms. The third-order valence-corrected chi connectivity index (χ3v) is 18.2. The fraction of sp³-hybridized carbons (Fsp3) is 0.375. The number of nitrogens with one attached hydrogen (secondary N) is 2. The zero-order valence-electron chi connectivity index (χ0n) is 79.4. The van der Waals surface area contributed by atoms with Crippen LogP contribution < -0.4 is 22.1 Å². The molecule has 0 spiro atoms. The molecule has 0 aliphatic carbocycles. The van der Waals surface area contributed by atoms with Crippen LogP contribution in [0.1, 0.15) is 247 Å². The van der Waals surface area contributed by atoms with E-state index in [-0.39, 0.29) is 82.4 Å². The predicted octanol–water partition coefficient (Wildman–Crippen LogP) is 12.8. The molecule has 0 aliphatic heterocycles. The maximum Gasteiger partial charge on any atom is 0.354 e. The number of aromatic nitrogens is 10. The summed E-state index contributed by atoms with van der Waals surface area (Å²) in [5, 5.41) is 59.1. The topological polar surface area (TPSA) is 513 Å². The molecule has 0 aliphatic rings. The predicted molar refractivity (Wildman–Crippen MR) is 533 cm³/mol. The van der Waals surface area contributed by atoms with E-state index >= 15 is 0 Å². The van der Waals surface area contributed by atoms with Crippen molar-refractivity contribution < 1.29 is 78.5 Å². The van der Waals surface area contributed by atoms with E-state index in [1.54, 1.807) is 155 Å². The van der Waals surface area contributed by atoms with Crippen molar-refractivity contribution in [3.8, 4) is 0 Å². The molecule has 10 rings (SSSR count). The lowest BCUT2D eigenvalue weighted by Gasteiger charge is -2.21. The summed E-state index contributed by atoms with van der Waals surface area (Å²) in [5.41, 5.74) is 18.9. The molecule has 134 heavy (non-hydrogen) atoms. The number of thioether (sulfide) groups is 2. The van der Waals surface area contributed by atoms with Crippen LogP contribution in [0.5, 0.6) is 0 Å². The molecule has 12 N–H and O–H groups in total. The number of unbranched alkanes of at least 4 members (excludes halogenated alkanes) is 2. The SMILES string of the molecule is CC(C)(O)c1cccc(C(C)(C)O)n1.CC(C)N=Cc1cccc(C=NC(C)C)n1.CCCCNC(=O)c1cccc(C(=O)NCCCC)n1.CN(C)C(=O)c1cccc(C(=O)N(C)C)n1.COCc1cccc(COC)n1.CSCc1cccc(CSC)n1.NC(=O)c1cccc(C(N)=O)n1.O=C(O)c1cccc(C(=O)O)n1.OCc1cccc(CO)n1.SCc1cccc(CS)n1. The molecule has 10 heterocycles. The Kier molecular flexibility index (Phi) is 60.7. The Morgan fingerprint density at radius 3 is 1.02 bits per heavy atom. The number of methoxy groups -OCH3 is 2. The number of carbonyl (C=O) groups is 8. The molecule has 10 aromatic rings. The van der Waals surface area contributed by atoms with Crippen LogP contribution in [-0.2, 0) is 70.1 Å². The van der Waals surface area contributed by atoms with Crippen LogP contribution in [-0.4, -0.2) is 230 Å². The lowest BCUT2D eigenvalue weighted by molar-refractivity contribution is 0.0621. The summed E-state index contributed by atoms with van der Waals surface area (Å²) in [6.07, 6.45) is 11.7. The number of aromatic carboxylic acids is 2. The van der Waals surface area contributed by atoms with Gasteiger partial charge in [0, 0.05) is 103 Å². The zero-order chi connectivity index (χ0) is 101. The molecule has 0 bridgehead atoms. The summed E-state index contributed by atoms with van der Waals surface area (Å²) < 4.78 is 9.92. The van der Waals surface area contributed by atoms with E-state index in [0.717, 1.165) is 71.4 Å². The summed E-state index contributed by atoms with van der Waals surface area (Å²) in [5.74, 6) is -1.31. The fourth-order valence-electron chi connectivity index (χ4n) is 9.70. The number of hydrogen-bond acceptors (Lipinski definition) is 30. The van der Waals surface area contributed by atoms with Crippen molar-refractivity contribution in [3.63, 3.8) is 0 Å². The van der Waals surface area contributed by atoms with E-state index in [1.807, 2.05) is 106 Å². The standard InChI is InChI=1S/C15H23N3O2.C13H19N3.C11H15N3O2.C11H17NO2.C9H13NO2.C9H13NS2.C7H7N3O2.C7H5NO4.C7H9NO2.C7H9NS2/c1-3-5-10-16-14(19)12-8-7-9-13(18-12)15(20)17-11-6-4-2;1-10(2)14-8-12-6-5-7-13(16-12)9-15-11(3)4;1-13(2)10(15)8-6-5-7-9(12-8)11(16)14(3)4;1-10(2,13)8-6-5-7-9(12-8)11(3,4)14;2*1-11-6-8-4-3-5-9(10-8)7-12-2;8-6(11)4-2-1-3-5(10-4)7(9)12;9-6(10)4-2-1-3-5(8-4)7(11)12;2*9-4-6-2-1-3-7(5-10)8-6/h7-9H,3-6,10-11H2,1-2H3,(H,16,19)(H,17,20);5-11H,1-4H3;5-7H,1-4H3;5-7,13-14H,1-4H3;2*3-5H,6-7H2,1-2H3;1-3H,(H2,8,11)(H2,9,12);1-3H,(H,9,10)(H,11,12);2*1-3,9-10H,4-5H2. The van der Waals surface area contributed by atoms with Crippen molar-refractivity contribution in [1.29, 1.82) is 0 Å². The largest absolute Gasteiger partial charge is 0.477 e. The van der Waals surface area contributed by atoms with Gasteiger partial charge >= 0.3 is 11.9 Å². The molecule has 0 saturated heterocycles. The molecule has 0 fully saturated rings. The van der Waals surface area contributed by atoms with Gasteiger partial charge in [0.25, 0.3) is 35.4 Å². The van der Waals surface area contributed by atoms with Gasteiger partial charge in [0.05, 0.1) is 94.8 Å². The number of aliphatic hydroxyl groups excluding tert-OH is 2. The Labute approximate surface area is 805 Å². The van der Waals surface area contributed by atoms with Crippen molar-refractivity contribution in [1.82, 2.24) is 70.3 Å². The molecule has 0 unspecified atom stereocenters. The number of carboxylic acid groups (broad SMARTS) is 2. The number of pyridine rings is 10. The van der Waals surface area contributed by atoms with Gasteiger partial charge in [-0.3, -0.25) is 63.7 Å². The number of amides is 6. The molecular weight excluding hydrogens is 1790 g/mol. The molecular formula is C96H130N18O16S4. The maximum atomic E-state index is 11.8. The maximum absolute atomic E-state index is 11.8. The van der Waals surface area contributed by atoms with Gasteiger partial charge in [0.1, 0.15) is 56.8 Å². The molecule has 724 valence electrons. The van der Waals surface area contributed by atoms with Gasteiger partial charge in [0.15, 0.2) is 0 Å². The second-order valence-corrected chi connectivity index (χ2v) is 32.6. The quantitative estimate of drug-likeness (QED) is 0.0106. The van der Waals surface area contributed by atoms with Gasteiger partial charge < -0.3 is 72.0 Å². The summed E-state index contributed by atoms with van der Waals surface area (Å²) in [4.78, 5) is 141. The monoisotopic (exact) mass is 1920 g/mol. The van der Waals surface area contributed by atoms with Crippen LogP contribution >= 0.6 is 48.8 Å². The van der Waals surface area contributed by atoms with E-state index in [2.05, 4.69) is 140 Å². The third-order valence-electron chi connectivity index (χ3n) is 16.4. The highest BCUT2D eigenvalue weighted by molar-refractivity contribution is 7.98. The first kappa shape index (κ1) is 120.